The number of carbonyl (C=O) groups excluding carboxylic acids is 1. The van der Waals surface area contributed by atoms with Crippen molar-refractivity contribution in [3.63, 3.8) is 0 Å². The molecule has 0 aliphatic carbocycles. The summed E-state index contributed by atoms with van der Waals surface area (Å²) in [6.45, 7) is 5.54. The van der Waals surface area contributed by atoms with Crippen LogP contribution in [0.1, 0.15) is 27.2 Å². The molecule has 0 aliphatic rings. The average molecular weight is 187 g/mol. The number of ketones is 1. The molecule has 2 N–H and O–H groups in total. The van der Waals surface area contributed by atoms with Crippen LogP contribution in [0.3, 0.4) is 0 Å². The Balaban J connectivity index is 3.56. The lowest BCUT2D eigenvalue weighted by Crippen LogP contribution is -2.35. The van der Waals surface area contributed by atoms with E-state index in [1.165, 1.54) is 0 Å². The summed E-state index contributed by atoms with van der Waals surface area (Å²) in [7, 11) is 0. The van der Waals surface area contributed by atoms with Crippen molar-refractivity contribution in [2.45, 2.75) is 33.2 Å². The van der Waals surface area contributed by atoms with Crippen molar-refractivity contribution in [3.05, 3.63) is 0 Å². The molecular formula is C9H17NO3. The first kappa shape index (κ1) is 12.1. The van der Waals surface area contributed by atoms with Gasteiger partial charge in [-0.15, -0.1) is 0 Å². The highest BCUT2D eigenvalue weighted by Gasteiger charge is 2.11. The summed E-state index contributed by atoms with van der Waals surface area (Å²) in [4.78, 5) is 21.2. The lowest BCUT2D eigenvalue weighted by molar-refractivity contribution is -0.138. The van der Waals surface area contributed by atoms with E-state index in [1.807, 2.05) is 6.92 Å². The van der Waals surface area contributed by atoms with Crippen LogP contribution >= 0.6 is 0 Å². The molecule has 0 fully saturated rings. The molecule has 2 atom stereocenters. The van der Waals surface area contributed by atoms with E-state index >= 15 is 0 Å². The second kappa shape index (κ2) is 5.70. The van der Waals surface area contributed by atoms with Gasteiger partial charge in [0.25, 0.3) is 0 Å². The maximum absolute atomic E-state index is 10.8. The number of carboxylic acid groups (broad SMARTS) is 1. The fraction of sp³-hybridized carbons (Fsp3) is 0.778. The van der Waals surface area contributed by atoms with Crippen LogP contribution in [0, 0.1) is 5.92 Å². The molecular weight excluding hydrogens is 170 g/mol. The zero-order valence-electron chi connectivity index (χ0n) is 8.33. The Labute approximate surface area is 78.3 Å². The third-order valence-electron chi connectivity index (χ3n) is 2.09. The first-order chi connectivity index (χ1) is 5.95. The normalized spacial score (nSPS) is 15.0. The predicted octanol–water partition coefficient (Wildman–Crippen LogP) is 0.664. The first-order valence-corrected chi connectivity index (χ1v) is 4.41. The van der Waals surface area contributed by atoms with E-state index in [-0.39, 0.29) is 11.7 Å². The molecule has 0 saturated carbocycles. The summed E-state index contributed by atoms with van der Waals surface area (Å²) in [5, 5.41) is 11.3. The van der Waals surface area contributed by atoms with Crippen LogP contribution in [0.25, 0.3) is 0 Å². The SMILES string of the molecule is CC(=O)C(C)CCNC(C)C(=O)O. The van der Waals surface area contributed by atoms with Gasteiger partial charge in [0.05, 0.1) is 0 Å². The zero-order chi connectivity index (χ0) is 10.4. The molecule has 0 rings (SSSR count). The van der Waals surface area contributed by atoms with Crippen molar-refractivity contribution in [2.75, 3.05) is 6.54 Å². The number of carboxylic acids is 1. The maximum atomic E-state index is 10.8. The second-order valence-electron chi connectivity index (χ2n) is 3.31. The average Bonchev–Trinajstić information content (AvgIpc) is 2.03. The molecule has 13 heavy (non-hydrogen) atoms. The lowest BCUT2D eigenvalue weighted by Gasteiger charge is -2.11. The fourth-order valence-electron chi connectivity index (χ4n) is 0.807. The zero-order valence-corrected chi connectivity index (χ0v) is 8.33. The molecule has 0 aromatic heterocycles. The summed E-state index contributed by atoms with van der Waals surface area (Å²) >= 11 is 0. The van der Waals surface area contributed by atoms with Crippen LogP contribution < -0.4 is 5.32 Å². The minimum Gasteiger partial charge on any atom is -0.480 e. The van der Waals surface area contributed by atoms with Crippen LogP contribution in [0.2, 0.25) is 0 Å². The quantitative estimate of drug-likeness (QED) is 0.641. The lowest BCUT2D eigenvalue weighted by atomic mass is 10.0. The van der Waals surface area contributed by atoms with Gasteiger partial charge in [0.15, 0.2) is 0 Å². The number of nitrogens with one attached hydrogen (secondary N) is 1. The Morgan fingerprint density at radius 2 is 1.92 bits per heavy atom. The van der Waals surface area contributed by atoms with E-state index < -0.39 is 12.0 Å². The Morgan fingerprint density at radius 1 is 1.38 bits per heavy atom. The Morgan fingerprint density at radius 3 is 2.31 bits per heavy atom. The number of carbonyl (C=O) groups is 2. The van der Waals surface area contributed by atoms with Crippen molar-refractivity contribution >= 4 is 11.8 Å². The van der Waals surface area contributed by atoms with Crippen LogP contribution in [0.15, 0.2) is 0 Å². The van der Waals surface area contributed by atoms with E-state index in [9.17, 15) is 9.59 Å². The van der Waals surface area contributed by atoms with Gasteiger partial charge in [0, 0.05) is 5.92 Å². The summed E-state index contributed by atoms with van der Waals surface area (Å²) in [6.07, 6.45) is 0.687. The van der Waals surface area contributed by atoms with Gasteiger partial charge in [-0.25, -0.2) is 0 Å². The van der Waals surface area contributed by atoms with Gasteiger partial charge < -0.3 is 10.4 Å². The summed E-state index contributed by atoms with van der Waals surface area (Å²) in [6, 6.07) is -0.542. The molecule has 4 heteroatoms. The second-order valence-corrected chi connectivity index (χ2v) is 3.31. The molecule has 2 unspecified atom stereocenters. The van der Waals surface area contributed by atoms with Crippen LogP contribution in [-0.4, -0.2) is 29.4 Å². The van der Waals surface area contributed by atoms with Gasteiger partial charge in [-0.2, -0.15) is 0 Å². The molecule has 0 heterocycles. The number of rotatable bonds is 6. The van der Waals surface area contributed by atoms with Gasteiger partial charge >= 0.3 is 5.97 Å². The summed E-state index contributed by atoms with van der Waals surface area (Å²) < 4.78 is 0. The van der Waals surface area contributed by atoms with E-state index in [0.717, 1.165) is 0 Å². The molecule has 76 valence electrons. The highest BCUT2D eigenvalue weighted by atomic mass is 16.4. The van der Waals surface area contributed by atoms with Gasteiger partial charge in [-0.05, 0) is 26.8 Å². The third kappa shape index (κ3) is 5.36. The van der Waals surface area contributed by atoms with E-state index in [2.05, 4.69) is 5.32 Å². The molecule has 0 aliphatic heterocycles. The smallest absolute Gasteiger partial charge is 0.320 e. The van der Waals surface area contributed by atoms with Crippen LogP contribution in [0.5, 0.6) is 0 Å². The maximum Gasteiger partial charge on any atom is 0.320 e. The van der Waals surface area contributed by atoms with Gasteiger partial charge in [-0.1, -0.05) is 6.92 Å². The van der Waals surface area contributed by atoms with Gasteiger partial charge in [-0.3, -0.25) is 9.59 Å². The topological polar surface area (TPSA) is 66.4 Å². The monoisotopic (exact) mass is 187 g/mol. The van der Waals surface area contributed by atoms with Crippen molar-refractivity contribution in [1.82, 2.24) is 5.32 Å². The highest BCUT2D eigenvalue weighted by Crippen LogP contribution is 2.01. The number of hydrogen-bond donors (Lipinski definition) is 2. The standard InChI is InChI=1S/C9H17NO3/c1-6(8(3)11)4-5-10-7(2)9(12)13/h6-7,10H,4-5H2,1-3H3,(H,12,13). The molecule has 0 radical (unpaired) electrons. The minimum absolute atomic E-state index is 0.00787. The molecule has 0 bridgehead atoms. The van der Waals surface area contributed by atoms with Crippen molar-refractivity contribution in [3.8, 4) is 0 Å². The first-order valence-electron chi connectivity index (χ1n) is 4.41. The Kier molecular flexibility index (Phi) is 5.30. The summed E-state index contributed by atoms with van der Waals surface area (Å²) in [5.41, 5.74) is 0. The largest absolute Gasteiger partial charge is 0.480 e. The minimum atomic E-state index is -0.865. The summed E-state index contributed by atoms with van der Waals surface area (Å²) in [5.74, 6) is -0.714. The Hall–Kier alpha value is -0.900. The molecule has 0 saturated heterocycles. The van der Waals surface area contributed by atoms with Gasteiger partial charge in [0.2, 0.25) is 0 Å². The van der Waals surface area contributed by atoms with E-state index in [4.69, 9.17) is 5.11 Å². The number of aliphatic carboxylic acids is 1. The number of Topliss-reactive ketones (excluding diaryl/α,β-unsaturated/α-hetero) is 1. The molecule has 4 nitrogen and oxygen atoms in total. The predicted molar refractivity (Wildman–Crippen MR) is 49.6 cm³/mol. The Bertz CT molecular complexity index is 171. The highest BCUT2D eigenvalue weighted by molar-refractivity contribution is 5.77. The third-order valence-corrected chi connectivity index (χ3v) is 2.09. The van der Waals surface area contributed by atoms with Crippen molar-refractivity contribution in [1.29, 1.82) is 0 Å². The van der Waals surface area contributed by atoms with Gasteiger partial charge in [0.1, 0.15) is 11.8 Å². The van der Waals surface area contributed by atoms with E-state index in [1.54, 1.807) is 13.8 Å². The fourth-order valence-corrected chi connectivity index (χ4v) is 0.807. The van der Waals surface area contributed by atoms with Crippen molar-refractivity contribution in [2.24, 2.45) is 5.92 Å². The van der Waals surface area contributed by atoms with Crippen LogP contribution in [-0.2, 0) is 9.59 Å². The van der Waals surface area contributed by atoms with Crippen molar-refractivity contribution < 1.29 is 14.7 Å². The number of hydrogen-bond acceptors (Lipinski definition) is 3. The molecule has 0 aromatic carbocycles. The van der Waals surface area contributed by atoms with E-state index in [0.29, 0.717) is 13.0 Å². The molecule has 0 amide bonds. The molecule has 0 aromatic rings. The molecule has 0 spiro atoms. The van der Waals surface area contributed by atoms with Crippen LogP contribution in [0.4, 0.5) is 0 Å².